The van der Waals surface area contributed by atoms with Crippen molar-refractivity contribution in [1.82, 2.24) is 0 Å². The Kier molecular flexibility index (Phi) is 6.65. The Hall–Kier alpha value is -2.62. The van der Waals surface area contributed by atoms with Crippen molar-refractivity contribution in [2.45, 2.75) is 19.0 Å². The monoisotopic (exact) mass is 418 g/mol. The lowest BCUT2D eigenvalue weighted by Gasteiger charge is -2.22. The number of rotatable bonds is 7. The third-order valence-corrected chi connectivity index (χ3v) is 4.97. The minimum Gasteiger partial charge on any atom is -0.326 e. The van der Waals surface area contributed by atoms with Gasteiger partial charge in [-0.15, -0.1) is 0 Å². The summed E-state index contributed by atoms with van der Waals surface area (Å²) in [5.74, 6) is -0.972. The number of halogens is 4. The zero-order chi connectivity index (χ0) is 20.9. The van der Waals surface area contributed by atoms with Gasteiger partial charge in [0.1, 0.15) is 5.82 Å². The molecule has 1 amide bonds. The molecule has 28 heavy (non-hydrogen) atoms. The fourth-order valence-corrected chi connectivity index (χ4v) is 3.41. The first-order valence-electron chi connectivity index (χ1n) is 8.17. The second kappa shape index (κ2) is 8.59. The minimum absolute atomic E-state index is 0.00903. The molecular formula is C18H18F4N2O3S. The molecule has 0 aliphatic carbocycles. The molecule has 0 aromatic heterocycles. The van der Waals surface area contributed by atoms with Gasteiger partial charge >= 0.3 is 6.18 Å². The number of anilines is 2. The van der Waals surface area contributed by atoms with Crippen LogP contribution in [0.5, 0.6) is 0 Å². The van der Waals surface area contributed by atoms with Crippen LogP contribution < -0.4 is 9.62 Å². The fourth-order valence-electron chi connectivity index (χ4n) is 2.44. The molecule has 0 aliphatic rings. The summed E-state index contributed by atoms with van der Waals surface area (Å²) < 4.78 is 75.5. The molecule has 10 heteroatoms. The van der Waals surface area contributed by atoms with Crippen LogP contribution in [0.25, 0.3) is 0 Å². The van der Waals surface area contributed by atoms with Gasteiger partial charge in [-0.3, -0.25) is 9.10 Å². The maximum absolute atomic E-state index is 13.0. The lowest BCUT2D eigenvalue weighted by atomic mass is 10.2. The van der Waals surface area contributed by atoms with Crippen molar-refractivity contribution >= 4 is 27.3 Å². The topological polar surface area (TPSA) is 66.5 Å². The van der Waals surface area contributed by atoms with Gasteiger partial charge in [0.05, 0.1) is 17.5 Å². The number of benzene rings is 2. The second-order valence-electron chi connectivity index (χ2n) is 6.04. The number of hydrogen-bond acceptors (Lipinski definition) is 3. The van der Waals surface area contributed by atoms with Gasteiger partial charge in [0.15, 0.2) is 0 Å². The largest absolute Gasteiger partial charge is 0.416 e. The van der Waals surface area contributed by atoms with Gasteiger partial charge in [-0.05, 0) is 55.0 Å². The Balaban J connectivity index is 1.93. The van der Waals surface area contributed by atoms with E-state index in [0.717, 1.165) is 47.0 Å². The van der Waals surface area contributed by atoms with E-state index in [2.05, 4.69) is 5.32 Å². The van der Waals surface area contributed by atoms with Crippen molar-refractivity contribution in [3.05, 3.63) is 59.9 Å². The molecule has 1 N–H and O–H groups in total. The highest BCUT2D eigenvalue weighted by molar-refractivity contribution is 7.92. The van der Waals surface area contributed by atoms with Gasteiger partial charge in [-0.1, -0.05) is 0 Å². The number of sulfonamides is 1. The summed E-state index contributed by atoms with van der Waals surface area (Å²) in [5.41, 5.74) is -0.350. The van der Waals surface area contributed by atoms with Gasteiger partial charge in [0, 0.05) is 18.7 Å². The van der Waals surface area contributed by atoms with E-state index in [-0.39, 0.29) is 30.8 Å². The number of nitrogens with zero attached hydrogens (tertiary/aromatic N) is 1. The van der Waals surface area contributed by atoms with Crippen molar-refractivity contribution in [2.75, 3.05) is 22.4 Å². The quantitative estimate of drug-likeness (QED) is 0.691. The van der Waals surface area contributed by atoms with Crippen molar-refractivity contribution in [1.29, 1.82) is 0 Å². The average Bonchev–Trinajstić information content (AvgIpc) is 2.58. The molecule has 0 radical (unpaired) electrons. The summed E-state index contributed by atoms with van der Waals surface area (Å²) >= 11 is 0. The van der Waals surface area contributed by atoms with E-state index in [1.165, 1.54) is 12.1 Å². The summed E-state index contributed by atoms with van der Waals surface area (Å²) in [5, 5.41) is 2.46. The molecule has 0 saturated heterocycles. The van der Waals surface area contributed by atoms with E-state index in [1.807, 2.05) is 0 Å². The lowest BCUT2D eigenvalue weighted by molar-refractivity contribution is -0.137. The summed E-state index contributed by atoms with van der Waals surface area (Å²) in [6, 6.07) is 8.89. The lowest BCUT2D eigenvalue weighted by Crippen LogP contribution is -2.31. The van der Waals surface area contributed by atoms with Gasteiger partial charge in [-0.25, -0.2) is 12.8 Å². The Morgan fingerprint density at radius 3 is 2.11 bits per heavy atom. The van der Waals surface area contributed by atoms with E-state index < -0.39 is 33.5 Å². The first-order valence-corrected chi connectivity index (χ1v) is 10.0. The molecule has 0 aliphatic heterocycles. The van der Waals surface area contributed by atoms with Crippen LogP contribution in [0.3, 0.4) is 0 Å². The molecule has 2 aromatic rings. The predicted octanol–water partition coefficient (Wildman–Crippen LogP) is 4.03. The minimum atomic E-state index is -4.46. The number of amides is 1. The zero-order valence-corrected chi connectivity index (χ0v) is 15.6. The Bertz CT molecular complexity index is 911. The standard InChI is InChI=1S/C18H18F4N2O3S/c1-28(26,27)24(16-10-6-14(19)7-11-16)12-2-3-17(25)23-15-8-4-13(5-9-15)18(20,21)22/h4-11H,2-3,12H2,1H3,(H,23,25). The molecule has 2 rings (SSSR count). The molecule has 0 saturated carbocycles. The highest BCUT2D eigenvalue weighted by atomic mass is 32.2. The molecule has 0 fully saturated rings. The Labute approximate surface area is 160 Å². The molecule has 0 bridgehead atoms. The van der Waals surface area contributed by atoms with Gasteiger partial charge in [-0.2, -0.15) is 13.2 Å². The summed E-state index contributed by atoms with van der Waals surface area (Å²) in [7, 11) is -3.63. The van der Waals surface area contributed by atoms with E-state index in [4.69, 9.17) is 0 Å². The fraction of sp³-hybridized carbons (Fsp3) is 0.278. The predicted molar refractivity (Wildman–Crippen MR) is 97.9 cm³/mol. The molecule has 0 spiro atoms. The summed E-state index contributed by atoms with van der Waals surface area (Å²) in [6.45, 7) is -0.00903. The third-order valence-electron chi connectivity index (χ3n) is 3.78. The normalized spacial score (nSPS) is 11.9. The molecular weight excluding hydrogens is 400 g/mol. The SMILES string of the molecule is CS(=O)(=O)N(CCCC(=O)Nc1ccc(C(F)(F)F)cc1)c1ccc(F)cc1. The number of alkyl halides is 3. The second-order valence-corrected chi connectivity index (χ2v) is 7.95. The highest BCUT2D eigenvalue weighted by Gasteiger charge is 2.30. The van der Waals surface area contributed by atoms with Crippen molar-refractivity contribution in [2.24, 2.45) is 0 Å². The maximum atomic E-state index is 13.0. The van der Waals surface area contributed by atoms with E-state index in [1.54, 1.807) is 0 Å². The molecule has 0 unspecified atom stereocenters. The van der Waals surface area contributed by atoms with E-state index in [9.17, 15) is 30.8 Å². The highest BCUT2D eigenvalue weighted by Crippen LogP contribution is 2.29. The van der Waals surface area contributed by atoms with E-state index in [0.29, 0.717) is 0 Å². The van der Waals surface area contributed by atoms with Crippen LogP contribution in [-0.2, 0) is 21.0 Å². The first-order chi connectivity index (χ1) is 13.0. The van der Waals surface area contributed by atoms with Crippen LogP contribution in [0.4, 0.5) is 28.9 Å². The van der Waals surface area contributed by atoms with Crippen LogP contribution in [0.1, 0.15) is 18.4 Å². The van der Waals surface area contributed by atoms with Crippen LogP contribution in [-0.4, -0.2) is 27.1 Å². The van der Waals surface area contributed by atoms with Gasteiger partial charge < -0.3 is 5.32 Å². The molecule has 152 valence electrons. The summed E-state index contributed by atoms with van der Waals surface area (Å²) in [4.78, 5) is 12.0. The zero-order valence-electron chi connectivity index (χ0n) is 14.8. The molecule has 2 aromatic carbocycles. The number of carbonyl (C=O) groups is 1. The molecule has 0 heterocycles. The van der Waals surface area contributed by atoms with Crippen LogP contribution in [0, 0.1) is 5.82 Å². The van der Waals surface area contributed by atoms with Crippen LogP contribution >= 0.6 is 0 Å². The number of nitrogens with one attached hydrogen (secondary N) is 1. The maximum Gasteiger partial charge on any atom is 0.416 e. The summed E-state index contributed by atoms with van der Waals surface area (Å²) in [6.07, 6.45) is -3.35. The number of hydrogen-bond donors (Lipinski definition) is 1. The van der Waals surface area contributed by atoms with Crippen molar-refractivity contribution in [3.8, 4) is 0 Å². The van der Waals surface area contributed by atoms with Gasteiger partial charge in [0.2, 0.25) is 15.9 Å². The van der Waals surface area contributed by atoms with Gasteiger partial charge in [0.25, 0.3) is 0 Å². The van der Waals surface area contributed by atoms with Crippen molar-refractivity contribution in [3.63, 3.8) is 0 Å². The first kappa shape index (κ1) is 21.7. The van der Waals surface area contributed by atoms with Crippen molar-refractivity contribution < 1.29 is 30.8 Å². The molecule has 0 atom stereocenters. The van der Waals surface area contributed by atoms with Crippen LogP contribution in [0.15, 0.2) is 48.5 Å². The average molecular weight is 418 g/mol. The third kappa shape index (κ3) is 6.22. The van der Waals surface area contributed by atoms with Crippen LogP contribution in [0.2, 0.25) is 0 Å². The molecule has 5 nitrogen and oxygen atoms in total. The smallest absolute Gasteiger partial charge is 0.326 e. The van der Waals surface area contributed by atoms with E-state index >= 15 is 0 Å². The Morgan fingerprint density at radius 1 is 1.04 bits per heavy atom. The Morgan fingerprint density at radius 2 is 1.61 bits per heavy atom. The number of carbonyl (C=O) groups excluding carboxylic acids is 1.